The normalized spacial score (nSPS) is 18.3. The van der Waals surface area contributed by atoms with E-state index in [1.54, 1.807) is 16.2 Å². The Morgan fingerprint density at radius 1 is 1.10 bits per heavy atom. The molecule has 1 aliphatic carbocycles. The average Bonchev–Trinajstić information content (AvgIpc) is 3.46. The van der Waals surface area contributed by atoms with Crippen molar-refractivity contribution in [1.82, 2.24) is 9.80 Å². The molecule has 1 saturated carbocycles. The van der Waals surface area contributed by atoms with Crippen LogP contribution in [0.4, 0.5) is 0 Å². The smallest absolute Gasteiger partial charge is 0.254 e. The van der Waals surface area contributed by atoms with Crippen LogP contribution in [0.5, 0.6) is 5.75 Å². The molecule has 4 rings (SSSR count). The van der Waals surface area contributed by atoms with Gasteiger partial charge >= 0.3 is 0 Å². The molecule has 2 aliphatic rings. The Kier molecular flexibility index (Phi) is 5.90. The Bertz CT molecular complexity index is 838. The van der Waals surface area contributed by atoms with Gasteiger partial charge in [0, 0.05) is 49.3 Å². The van der Waals surface area contributed by atoms with Crippen LogP contribution in [0.1, 0.15) is 53.9 Å². The highest BCUT2D eigenvalue weighted by Crippen LogP contribution is 2.32. The van der Waals surface area contributed by atoms with Gasteiger partial charge in [-0.3, -0.25) is 9.59 Å². The van der Waals surface area contributed by atoms with E-state index < -0.39 is 0 Å². The predicted molar refractivity (Wildman–Crippen MR) is 114 cm³/mol. The summed E-state index contributed by atoms with van der Waals surface area (Å²) in [5.41, 5.74) is 0.660. The summed E-state index contributed by atoms with van der Waals surface area (Å²) in [5.74, 6) is 1.40. The summed E-state index contributed by atoms with van der Waals surface area (Å²) >= 11 is 1.66. The third-order valence-corrected chi connectivity index (χ3v) is 6.98. The number of hydrogen-bond donors (Lipinski definition) is 0. The second-order valence-electron chi connectivity index (χ2n) is 8.05. The van der Waals surface area contributed by atoms with E-state index in [1.165, 1.54) is 4.88 Å². The zero-order valence-electron chi connectivity index (χ0n) is 17.0. The summed E-state index contributed by atoms with van der Waals surface area (Å²) in [6.07, 6.45) is 3.96. The van der Waals surface area contributed by atoms with Gasteiger partial charge in [-0.2, -0.15) is 0 Å². The maximum atomic E-state index is 12.8. The van der Waals surface area contributed by atoms with Crippen molar-refractivity contribution >= 4 is 23.2 Å². The summed E-state index contributed by atoms with van der Waals surface area (Å²) in [7, 11) is 1.84. The molecule has 1 aromatic carbocycles. The van der Waals surface area contributed by atoms with E-state index in [2.05, 4.69) is 6.07 Å². The molecular formula is C23H28N2O3S. The zero-order valence-corrected chi connectivity index (χ0v) is 17.9. The second-order valence-corrected chi connectivity index (χ2v) is 9.03. The number of carbonyl (C=O) groups is 2. The molecule has 1 unspecified atom stereocenters. The number of thiophene rings is 1. The number of piperidine rings is 1. The number of rotatable bonds is 6. The van der Waals surface area contributed by atoms with Crippen molar-refractivity contribution in [3.63, 3.8) is 0 Å². The van der Waals surface area contributed by atoms with Crippen LogP contribution in [0.3, 0.4) is 0 Å². The first-order chi connectivity index (χ1) is 14.0. The number of likely N-dealkylation sites (tertiary alicyclic amines) is 1. The van der Waals surface area contributed by atoms with Gasteiger partial charge in [-0.1, -0.05) is 6.07 Å². The largest absolute Gasteiger partial charge is 0.490 e. The van der Waals surface area contributed by atoms with Crippen LogP contribution in [0, 0.1) is 5.92 Å². The first kappa shape index (κ1) is 20.0. The Hall–Kier alpha value is -2.34. The van der Waals surface area contributed by atoms with Crippen LogP contribution in [-0.4, -0.2) is 47.9 Å². The summed E-state index contributed by atoms with van der Waals surface area (Å²) in [6, 6.07) is 11.5. The molecule has 0 spiro atoms. The summed E-state index contributed by atoms with van der Waals surface area (Å²) in [6.45, 7) is 3.60. The van der Waals surface area contributed by atoms with E-state index in [0.29, 0.717) is 17.4 Å². The number of nitrogens with zero attached hydrogens (tertiary/aromatic N) is 2. The minimum absolute atomic E-state index is 0.00402. The maximum absolute atomic E-state index is 12.8. The van der Waals surface area contributed by atoms with Gasteiger partial charge in [0.15, 0.2) is 0 Å². The molecule has 0 N–H and O–H groups in total. The topological polar surface area (TPSA) is 49.9 Å². The lowest BCUT2D eigenvalue weighted by atomic mass is 10.1. The van der Waals surface area contributed by atoms with Crippen LogP contribution >= 0.6 is 11.3 Å². The lowest BCUT2D eigenvalue weighted by Gasteiger charge is -2.32. The summed E-state index contributed by atoms with van der Waals surface area (Å²) in [4.78, 5) is 29.9. The van der Waals surface area contributed by atoms with Crippen molar-refractivity contribution < 1.29 is 14.3 Å². The molecule has 6 heteroatoms. The molecule has 2 heterocycles. The number of hydrogen-bond acceptors (Lipinski definition) is 4. The Morgan fingerprint density at radius 2 is 1.79 bits per heavy atom. The fourth-order valence-corrected chi connectivity index (χ4v) is 4.58. The van der Waals surface area contributed by atoms with E-state index in [-0.39, 0.29) is 18.1 Å². The van der Waals surface area contributed by atoms with E-state index >= 15 is 0 Å². The number of carbonyl (C=O) groups excluding carboxylic acids is 2. The van der Waals surface area contributed by atoms with Crippen LogP contribution < -0.4 is 4.74 Å². The van der Waals surface area contributed by atoms with Crippen LogP contribution in [-0.2, 0) is 4.79 Å². The lowest BCUT2D eigenvalue weighted by molar-refractivity contribution is -0.134. The lowest BCUT2D eigenvalue weighted by Crippen LogP contribution is -2.42. The van der Waals surface area contributed by atoms with Crippen molar-refractivity contribution in [3.05, 3.63) is 52.2 Å². The fraction of sp³-hybridized carbons (Fsp3) is 0.478. The molecule has 5 nitrogen and oxygen atoms in total. The average molecular weight is 413 g/mol. The van der Waals surface area contributed by atoms with Crippen molar-refractivity contribution in [1.29, 1.82) is 0 Å². The molecule has 1 atom stereocenters. The van der Waals surface area contributed by atoms with Crippen LogP contribution in [0.2, 0.25) is 0 Å². The van der Waals surface area contributed by atoms with Crippen LogP contribution in [0.15, 0.2) is 41.8 Å². The molecule has 154 valence electrons. The van der Waals surface area contributed by atoms with E-state index in [1.807, 2.05) is 54.6 Å². The SMILES string of the molecule is CC(c1cccs1)N(C)C(=O)c1ccc(OC2CCN(C(=O)C3CC3)CC2)cc1. The van der Waals surface area contributed by atoms with Gasteiger partial charge in [0.25, 0.3) is 5.91 Å². The van der Waals surface area contributed by atoms with Gasteiger partial charge in [-0.05, 0) is 55.5 Å². The molecule has 1 aliphatic heterocycles. The minimum Gasteiger partial charge on any atom is -0.490 e. The summed E-state index contributed by atoms with van der Waals surface area (Å²) < 4.78 is 6.10. The maximum Gasteiger partial charge on any atom is 0.254 e. The number of ether oxygens (including phenoxy) is 1. The third kappa shape index (κ3) is 4.64. The van der Waals surface area contributed by atoms with Crippen molar-refractivity contribution in [3.8, 4) is 5.75 Å². The highest BCUT2D eigenvalue weighted by molar-refractivity contribution is 7.10. The number of amides is 2. The Balaban J connectivity index is 1.30. The first-order valence-corrected chi connectivity index (χ1v) is 11.3. The number of benzene rings is 1. The molecule has 29 heavy (non-hydrogen) atoms. The van der Waals surface area contributed by atoms with Gasteiger partial charge in [-0.25, -0.2) is 0 Å². The third-order valence-electron chi connectivity index (χ3n) is 5.94. The zero-order chi connectivity index (χ0) is 20.4. The molecule has 2 amide bonds. The minimum atomic E-state index is 0.00402. The monoisotopic (exact) mass is 412 g/mol. The van der Waals surface area contributed by atoms with Gasteiger partial charge in [-0.15, -0.1) is 11.3 Å². The molecule has 1 saturated heterocycles. The standard InChI is InChI=1S/C23H28N2O3S/c1-16(21-4-3-15-29-21)24(2)22(26)17-7-9-19(10-8-17)28-20-11-13-25(14-12-20)23(27)18-5-6-18/h3-4,7-10,15-16,18,20H,5-6,11-14H2,1-2H3. The van der Waals surface area contributed by atoms with Gasteiger partial charge in [0.05, 0.1) is 6.04 Å². The molecule has 1 aromatic heterocycles. The second kappa shape index (κ2) is 8.57. The first-order valence-electron chi connectivity index (χ1n) is 10.4. The van der Waals surface area contributed by atoms with Crippen molar-refractivity contribution in [2.75, 3.05) is 20.1 Å². The molecule has 0 bridgehead atoms. The van der Waals surface area contributed by atoms with Gasteiger partial charge in [0.2, 0.25) is 5.91 Å². The van der Waals surface area contributed by atoms with Crippen molar-refractivity contribution in [2.24, 2.45) is 5.92 Å². The van der Waals surface area contributed by atoms with Crippen molar-refractivity contribution in [2.45, 2.75) is 44.8 Å². The van der Waals surface area contributed by atoms with Gasteiger partial charge < -0.3 is 14.5 Å². The highest BCUT2D eigenvalue weighted by Gasteiger charge is 2.35. The predicted octanol–water partition coefficient (Wildman–Crippen LogP) is 4.36. The van der Waals surface area contributed by atoms with Crippen LogP contribution in [0.25, 0.3) is 0 Å². The quantitative estimate of drug-likeness (QED) is 0.708. The molecule has 0 radical (unpaired) electrons. The Labute approximate surface area is 176 Å². The molecule has 2 aromatic rings. The van der Waals surface area contributed by atoms with E-state index in [4.69, 9.17) is 4.74 Å². The molecule has 2 fully saturated rings. The Morgan fingerprint density at radius 3 is 2.38 bits per heavy atom. The van der Waals surface area contributed by atoms with Gasteiger partial charge in [0.1, 0.15) is 11.9 Å². The molecular weight excluding hydrogens is 384 g/mol. The fourth-order valence-electron chi connectivity index (χ4n) is 3.75. The van der Waals surface area contributed by atoms with E-state index in [0.717, 1.165) is 44.5 Å². The summed E-state index contributed by atoms with van der Waals surface area (Å²) in [5, 5.41) is 2.03. The van der Waals surface area contributed by atoms with E-state index in [9.17, 15) is 9.59 Å². The highest BCUT2D eigenvalue weighted by atomic mass is 32.1.